The van der Waals surface area contributed by atoms with E-state index in [0.29, 0.717) is 34.2 Å². The Kier molecular flexibility index (Phi) is 7.88. The number of imide groups is 2. The Bertz CT molecular complexity index is 2490. The highest BCUT2D eigenvalue weighted by Crippen LogP contribution is 2.64. The van der Waals surface area contributed by atoms with Gasteiger partial charge in [0.15, 0.2) is 0 Å². The van der Waals surface area contributed by atoms with E-state index in [1.165, 1.54) is 21.9 Å². The van der Waals surface area contributed by atoms with Gasteiger partial charge < -0.3 is 5.11 Å². The van der Waals surface area contributed by atoms with Crippen molar-refractivity contribution in [1.29, 1.82) is 0 Å². The van der Waals surface area contributed by atoms with Crippen molar-refractivity contribution in [2.24, 2.45) is 36.1 Å². The van der Waals surface area contributed by atoms with E-state index in [-0.39, 0.29) is 29.0 Å². The average molecular weight is 831 g/mol. The summed E-state index contributed by atoms with van der Waals surface area (Å²) in [5.41, 5.74) is 2.18. The molecule has 4 amide bonds. The van der Waals surface area contributed by atoms with E-state index in [1.54, 1.807) is 59.5 Å². The number of hydrogen-bond donors (Lipinski definition) is 1. The molecule has 2 aliphatic carbocycles. The van der Waals surface area contributed by atoms with Crippen molar-refractivity contribution in [3.8, 4) is 16.3 Å². The topological polar surface area (TPSA) is 113 Å². The molecule has 2 saturated heterocycles. The van der Waals surface area contributed by atoms with E-state index in [4.69, 9.17) is 28.3 Å². The SMILES string of the molecule is Cc1c(-c2cc(N3C(=O)C4CC5C(=CCC6C(=O)N(c7ccc(Br)cc7)C(=O)C65)C(c5ccc(O)cc5Cl)C4(C)C3=O)n(C)n2)sc2ccc(Cl)cc12. The molecule has 3 fully saturated rings. The highest BCUT2D eigenvalue weighted by molar-refractivity contribution is 9.10. The number of phenolic OH excluding ortho intramolecular Hbond substituents is 1. The second-order valence-corrected chi connectivity index (χ2v) is 17.4. The summed E-state index contributed by atoms with van der Waals surface area (Å²) in [7, 11) is 1.71. The number of hydrogen-bond acceptors (Lipinski definition) is 7. The minimum absolute atomic E-state index is 0.0381. The van der Waals surface area contributed by atoms with Crippen LogP contribution in [0, 0.1) is 36.0 Å². The van der Waals surface area contributed by atoms with E-state index in [2.05, 4.69) is 15.9 Å². The van der Waals surface area contributed by atoms with Crippen LogP contribution in [0.2, 0.25) is 10.0 Å². The number of carbonyl (C=O) groups is 4. The van der Waals surface area contributed by atoms with Crippen molar-refractivity contribution in [3.05, 3.63) is 104 Å². The van der Waals surface area contributed by atoms with Crippen molar-refractivity contribution in [1.82, 2.24) is 9.78 Å². The van der Waals surface area contributed by atoms with Crippen LogP contribution in [0.3, 0.4) is 0 Å². The van der Waals surface area contributed by atoms with Gasteiger partial charge in [-0.1, -0.05) is 56.8 Å². The second kappa shape index (κ2) is 12.1. The molecule has 13 heteroatoms. The van der Waals surface area contributed by atoms with Gasteiger partial charge in [-0.15, -0.1) is 11.3 Å². The number of thiophene rings is 1. The van der Waals surface area contributed by atoms with E-state index in [9.17, 15) is 19.5 Å². The fraction of sp³-hybridized carbons (Fsp3) is 0.275. The van der Waals surface area contributed by atoms with Gasteiger partial charge >= 0.3 is 0 Å². The lowest BCUT2D eigenvalue weighted by atomic mass is 9.51. The smallest absolute Gasteiger partial charge is 0.242 e. The highest BCUT2D eigenvalue weighted by atomic mass is 79.9. The summed E-state index contributed by atoms with van der Waals surface area (Å²) < 4.78 is 3.42. The Morgan fingerprint density at radius 1 is 0.925 bits per heavy atom. The predicted octanol–water partition coefficient (Wildman–Crippen LogP) is 8.82. The van der Waals surface area contributed by atoms with Crippen molar-refractivity contribution >= 4 is 95.7 Å². The number of amides is 4. The fourth-order valence-electron chi connectivity index (χ4n) is 9.39. The highest BCUT2D eigenvalue weighted by Gasteiger charge is 2.68. The van der Waals surface area contributed by atoms with Crippen molar-refractivity contribution in [2.45, 2.75) is 32.6 Å². The molecule has 2 aliphatic heterocycles. The second-order valence-electron chi connectivity index (χ2n) is 14.6. The van der Waals surface area contributed by atoms with Gasteiger partial charge in [0.05, 0.1) is 33.7 Å². The number of aromatic hydroxyl groups is 1. The maximum absolute atomic E-state index is 15.1. The summed E-state index contributed by atoms with van der Waals surface area (Å²) in [5, 5.41) is 17.0. The number of carbonyl (C=O) groups excluding carboxylic acids is 4. The number of nitrogens with zero attached hydrogens (tertiary/aromatic N) is 4. The van der Waals surface area contributed by atoms with Crippen LogP contribution in [0.4, 0.5) is 11.5 Å². The Morgan fingerprint density at radius 2 is 1.68 bits per heavy atom. The van der Waals surface area contributed by atoms with Gasteiger partial charge in [-0.05, 0) is 104 Å². The lowest BCUT2D eigenvalue weighted by Gasteiger charge is -2.49. The Balaban J connectivity index is 1.16. The van der Waals surface area contributed by atoms with Gasteiger partial charge in [0.1, 0.15) is 17.3 Å². The van der Waals surface area contributed by atoms with Crippen LogP contribution < -0.4 is 9.80 Å². The number of halogens is 3. The maximum atomic E-state index is 15.1. The fourth-order valence-corrected chi connectivity index (χ4v) is 11.3. The zero-order chi connectivity index (χ0) is 37.2. The van der Waals surface area contributed by atoms with E-state index in [0.717, 1.165) is 30.6 Å². The standard InChI is InChI=1S/C40H31BrCl2N4O5S/c1-18-26-14-20(42)6-13-31(26)53-35(18)30-17-32(45(3)44-30)47-37(50)28-16-27-23(34(40(28,2)39(47)52)24-10-9-22(48)15-29(24)43)11-12-25-33(27)38(51)46(36(25)49)21-7-4-19(41)5-8-21/h4-11,13-15,17,25,27-28,33-34,48H,12,16H2,1-3H3. The first kappa shape index (κ1) is 34.5. The maximum Gasteiger partial charge on any atom is 0.242 e. The molecule has 2 aromatic heterocycles. The minimum Gasteiger partial charge on any atom is -0.508 e. The zero-order valence-electron chi connectivity index (χ0n) is 28.6. The van der Waals surface area contributed by atoms with Gasteiger partial charge in [-0.25, -0.2) is 4.90 Å². The molecule has 5 aromatic rings. The normalized spacial score (nSPS) is 26.7. The van der Waals surface area contributed by atoms with Crippen molar-refractivity contribution in [3.63, 3.8) is 0 Å². The summed E-state index contributed by atoms with van der Waals surface area (Å²) in [4.78, 5) is 61.6. The molecule has 0 radical (unpaired) electrons. The van der Waals surface area contributed by atoms with Crippen LogP contribution in [-0.4, -0.2) is 38.5 Å². The van der Waals surface area contributed by atoms with E-state index in [1.807, 2.05) is 38.1 Å². The molecule has 1 N–H and O–H groups in total. The molecule has 53 heavy (non-hydrogen) atoms. The summed E-state index contributed by atoms with van der Waals surface area (Å²) in [5.74, 6) is -4.49. The molecule has 268 valence electrons. The van der Waals surface area contributed by atoms with Crippen LogP contribution >= 0.6 is 50.5 Å². The Morgan fingerprint density at radius 3 is 2.42 bits per heavy atom. The molecule has 6 unspecified atom stereocenters. The molecule has 1 saturated carbocycles. The quantitative estimate of drug-likeness (QED) is 0.143. The molecule has 6 atom stereocenters. The van der Waals surface area contributed by atoms with Crippen molar-refractivity contribution in [2.75, 3.05) is 9.80 Å². The number of phenols is 1. The first-order valence-corrected chi connectivity index (χ1v) is 19.6. The summed E-state index contributed by atoms with van der Waals surface area (Å²) in [6.45, 7) is 3.81. The van der Waals surface area contributed by atoms with E-state index >= 15 is 4.79 Å². The molecule has 4 aliphatic rings. The molecule has 9 nitrogen and oxygen atoms in total. The number of anilines is 2. The Hall–Kier alpha value is -4.29. The average Bonchev–Trinajstić information content (AvgIpc) is 3.79. The summed E-state index contributed by atoms with van der Waals surface area (Å²) >= 11 is 18.2. The number of aromatic nitrogens is 2. The predicted molar refractivity (Wildman–Crippen MR) is 208 cm³/mol. The summed E-state index contributed by atoms with van der Waals surface area (Å²) in [6.07, 6.45) is 2.49. The van der Waals surface area contributed by atoms with Crippen molar-refractivity contribution < 1.29 is 24.3 Å². The van der Waals surface area contributed by atoms with Gasteiger partial charge in [0.2, 0.25) is 23.6 Å². The number of allylic oxidation sites excluding steroid dienone is 2. The molecule has 4 heterocycles. The van der Waals surface area contributed by atoms with Gasteiger partial charge in [-0.2, -0.15) is 5.10 Å². The zero-order valence-corrected chi connectivity index (χ0v) is 32.6. The van der Waals surface area contributed by atoms with E-state index < -0.39 is 46.8 Å². The first-order chi connectivity index (χ1) is 25.3. The van der Waals surface area contributed by atoms with Crippen LogP contribution in [0.15, 0.2) is 82.9 Å². The summed E-state index contributed by atoms with van der Waals surface area (Å²) in [6, 6.07) is 19.2. The molecule has 0 bridgehead atoms. The lowest BCUT2D eigenvalue weighted by molar-refractivity contribution is -0.131. The number of benzene rings is 3. The largest absolute Gasteiger partial charge is 0.508 e. The third kappa shape index (κ3) is 4.89. The van der Waals surface area contributed by atoms with Crippen LogP contribution in [0.5, 0.6) is 5.75 Å². The Labute approximate surface area is 326 Å². The number of aryl methyl sites for hydroxylation is 2. The van der Waals surface area contributed by atoms with Gasteiger partial charge in [-0.3, -0.25) is 28.8 Å². The van der Waals surface area contributed by atoms with Crippen LogP contribution in [0.1, 0.15) is 36.8 Å². The lowest BCUT2D eigenvalue weighted by Crippen LogP contribution is -2.49. The molecule has 0 spiro atoms. The molecule has 3 aromatic carbocycles. The molecule has 9 rings (SSSR count). The van der Waals surface area contributed by atoms with Gasteiger partial charge in [0.25, 0.3) is 0 Å². The first-order valence-electron chi connectivity index (χ1n) is 17.2. The van der Waals surface area contributed by atoms with Crippen LogP contribution in [0.25, 0.3) is 20.7 Å². The number of fused-ring (bicyclic) bond motifs is 5. The third-order valence-electron chi connectivity index (χ3n) is 11.9. The minimum atomic E-state index is -1.31. The molecular formula is C40H31BrCl2N4O5S. The van der Waals surface area contributed by atoms with Crippen LogP contribution in [-0.2, 0) is 26.2 Å². The van der Waals surface area contributed by atoms with Gasteiger partial charge in [0, 0.05) is 38.2 Å². The number of rotatable bonds is 4. The monoisotopic (exact) mass is 828 g/mol. The molecular weight excluding hydrogens is 799 g/mol. The third-order valence-corrected chi connectivity index (χ3v) is 14.3.